The number of anilines is 1. The Labute approximate surface area is 168 Å². The van der Waals surface area contributed by atoms with Crippen LogP contribution >= 0.6 is 11.6 Å². The molecule has 29 heavy (non-hydrogen) atoms. The van der Waals surface area contributed by atoms with Gasteiger partial charge in [-0.1, -0.05) is 11.6 Å². The number of methoxy groups -OCH3 is 1. The number of carbonyl (C=O) groups is 1. The monoisotopic (exact) mass is 423 g/mol. The fraction of sp³-hybridized carbons (Fsp3) is 0.105. The van der Waals surface area contributed by atoms with Crippen LogP contribution in [0.25, 0.3) is 11.3 Å². The van der Waals surface area contributed by atoms with Gasteiger partial charge in [0, 0.05) is 16.7 Å². The van der Waals surface area contributed by atoms with Crippen molar-refractivity contribution in [1.29, 1.82) is 0 Å². The molecule has 3 rings (SSSR count). The Bertz CT molecular complexity index is 1030. The van der Waals surface area contributed by atoms with Crippen molar-refractivity contribution >= 4 is 23.2 Å². The lowest BCUT2D eigenvalue weighted by molar-refractivity contribution is -0.274. The van der Waals surface area contributed by atoms with Gasteiger partial charge in [-0.3, -0.25) is 9.78 Å². The van der Waals surface area contributed by atoms with Crippen LogP contribution in [0.15, 0.2) is 54.9 Å². The maximum absolute atomic E-state index is 12.5. The Kier molecular flexibility index (Phi) is 5.88. The average Bonchev–Trinajstić information content (AvgIpc) is 2.68. The Morgan fingerprint density at radius 2 is 1.83 bits per heavy atom. The third-order valence-corrected chi connectivity index (χ3v) is 3.90. The molecule has 0 aliphatic carbocycles. The van der Waals surface area contributed by atoms with E-state index in [1.165, 1.54) is 31.6 Å². The van der Waals surface area contributed by atoms with Crippen molar-refractivity contribution in [2.45, 2.75) is 6.36 Å². The maximum Gasteiger partial charge on any atom is 0.573 e. The van der Waals surface area contributed by atoms with E-state index in [1.54, 1.807) is 18.2 Å². The molecule has 1 amide bonds. The Balaban J connectivity index is 1.80. The number of rotatable bonds is 5. The van der Waals surface area contributed by atoms with E-state index in [9.17, 15) is 18.0 Å². The predicted molar refractivity (Wildman–Crippen MR) is 100 cm³/mol. The van der Waals surface area contributed by atoms with Gasteiger partial charge in [0.05, 0.1) is 30.9 Å². The molecule has 0 fully saturated rings. The van der Waals surface area contributed by atoms with Gasteiger partial charge in [-0.05, 0) is 36.4 Å². The fourth-order valence-electron chi connectivity index (χ4n) is 2.40. The highest BCUT2D eigenvalue weighted by atomic mass is 35.5. The van der Waals surface area contributed by atoms with Gasteiger partial charge in [-0.2, -0.15) is 0 Å². The van der Waals surface area contributed by atoms with Gasteiger partial charge in [0.1, 0.15) is 17.2 Å². The summed E-state index contributed by atoms with van der Waals surface area (Å²) in [5, 5.41) is 3.09. The van der Waals surface area contributed by atoms with Crippen LogP contribution in [0, 0.1) is 0 Å². The highest BCUT2D eigenvalue weighted by Crippen LogP contribution is 2.28. The number of hydrogen-bond acceptors (Lipinski definition) is 5. The standard InChI is InChI=1S/C19H13ClF3N3O3/c1-28-17-8-12(20)4-7-14(17)26-18(27)16-10-24-9-15(25-16)11-2-5-13(6-3-11)29-19(21,22)23/h2-10H,1H3,(H,26,27). The number of benzene rings is 2. The molecule has 1 N–H and O–H groups in total. The summed E-state index contributed by atoms with van der Waals surface area (Å²) in [6.45, 7) is 0. The van der Waals surface area contributed by atoms with Crippen molar-refractivity contribution < 1.29 is 27.4 Å². The zero-order valence-electron chi connectivity index (χ0n) is 14.8. The topological polar surface area (TPSA) is 73.3 Å². The van der Waals surface area contributed by atoms with E-state index >= 15 is 0 Å². The highest BCUT2D eigenvalue weighted by Gasteiger charge is 2.31. The van der Waals surface area contributed by atoms with Crippen molar-refractivity contribution in [2.24, 2.45) is 0 Å². The Hall–Kier alpha value is -3.33. The molecule has 2 aromatic carbocycles. The van der Waals surface area contributed by atoms with Gasteiger partial charge in [-0.25, -0.2) is 4.98 Å². The zero-order valence-corrected chi connectivity index (χ0v) is 15.6. The van der Waals surface area contributed by atoms with E-state index in [0.717, 1.165) is 12.1 Å². The van der Waals surface area contributed by atoms with Crippen molar-refractivity contribution in [1.82, 2.24) is 9.97 Å². The van der Waals surface area contributed by atoms with Crippen LogP contribution in [-0.4, -0.2) is 29.3 Å². The molecule has 0 unspecified atom stereocenters. The second kappa shape index (κ2) is 8.36. The molecule has 0 saturated heterocycles. The molecular formula is C19H13ClF3N3O3. The van der Waals surface area contributed by atoms with E-state index in [-0.39, 0.29) is 11.4 Å². The minimum Gasteiger partial charge on any atom is -0.495 e. The van der Waals surface area contributed by atoms with E-state index in [1.807, 2.05) is 0 Å². The van der Waals surface area contributed by atoms with Crippen LogP contribution in [0.3, 0.4) is 0 Å². The zero-order chi connectivity index (χ0) is 21.0. The number of halogens is 4. The lowest BCUT2D eigenvalue weighted by atomic mass is 10.1. The molecule has 10 heteroatoms. The number of hydrogen-bond donors (Lipinski definition) is 1. The van der Waals surface area contributed by atoms with Crippen molar-refractivity contribution in [3.8, 4) is 22.8 Å². The molecule has 0 radical (unpaired) electrons. The summed E-state index contributed by atoms with van der Waals surface area (Å²) in [6.07, 6.45) is -2.12. The summed E-state index contributed by atoms with van der Waals surface area (Å²) in [4.78, 5) is 20.7. The number of carbonyl (C=O) groups excluding carboxylic acids is 1. The SMILES string of the molecule is COc1cc(Cl)ccc1NC(=O)c1cncc(-c2ccc(OC(F)(F)F)cc2)n1. The summed E-state index contributed by atoms with van der Waals surface area (Å²) in [6, 6.07) is 9.78. The maximum atomic E-state index is 12.5. The molecule has 6 nitrogen and oxygen atoms in total. The number of aromatic nitrogens is 2. The number of alkyl halides is 3. The summed E-state index contributed by atoms with van der Waals surface area (Å²) < 4.78 is 45.8. The lowest BCUT2D eigenvalue weighted by Crippen LogP contribution is -2.17. The van der Waals surface area contributed by atoms with Crippen LogP contribution in [0.5, 0.6) is 11.5 Å². The summed E-state index contributed by atoms with van der Waals surface area (Å²) in [5.74, 6) is -0.537. The quantitative estimate of drug-likeness (QED) is 0.628. The summed E-state index contributed by atoms with van der Waals surface area (Å²) in [7, 11) is 1.44. The Morgan fingerprint density at radius 1 is 1.10 bits per heavy atom. The molecule has 0 aliphatic rings. The largest absolute Gasteiger partial charge is 0.573 e. The predicted octanol–water partition coefficient (Wildman–Crippen LogP) is 4.96. The van der Waals surface area contributed by atoms with Gasteiger partial charge in [0.2, 0.25) is 0 Å². The molecule has 0 bridgehead atoms. The van der Waals surface area contributed by atoms with Crippen LogP contribution < -0.4 is 14.8 Å². The van der Waals surface area contributed by atoms with E-state index in [0.29, 0.717) is 27.7 Å². The molecule has 0 aliphatic heterocycles. The van der Waals surface area contributed by atoms with Crippen molar-refractivity contribution in [2.75, 3.05) is 12.4 Å². The van der Waals surface area contributed by atoms with Crippen LogP contribution in [0.2, 0.25) is 5.02 Å². The first-order valence-corrected chi connectivity index (χ1v) is 8.46. The average molecular weight is 424 g/mol. The molecule has 150 valence electrons. The highest BCUT2D eigenvalue weighted by molar-refractivity contribution is 6.30. The minimum absolute atomic E-state index is 0.00937. The summed E-state index contributed by atoms with van der Waals surface area (Å²) >= 11 is 5.90. The normalized spacial score (nSPS) is 11.1. The molecule has 1 aromatic heterocycles. The van der Waals surface area contributed by atoms with E-state index < -0.39 is 12.3 Å². The number of nitrogens with zero attached hydrogens (tertiary/aromatic N) is 2. The van der Waals surface area contributed by atoms with Gasteiger partial charge in [-0.15, -0.1) is 13.2 Å². The molecule has 1 heterocycles. The molecule has 0 spiro atoms. The minimum atomic E-state index is -4.78. The fourth-order valence-corrected chi connectivity index (χ4v) is 2.56. The number of ether oxygens (including phenoxy) is 2. The first kappa shape index (κ1) is 20.4. The van der Waals surface area contributed by atoms with E-state index in [2.05, 4.69) is 20.0 Å². The Morgan fingerprint density at radius 3 is 2.48 bits per heavy atom. The third-order valence-electron chi connectivity index (χ3n) is 3.66. The molecule has 0 saturated carbocycles. The third kappa shape index (κ3) is 5.35. The van der Waals surface area contributed by atoms with Crippen molar-refractivity contribution in [3.05, 3.63) is 65.6 Å². The van der Waals surface area contributed by atoms with Gasteiger partial charge < -0.3 is 14.8 Å². The molecule has 3 aromatic rings. The number of amides is 1. The van der Waals surface area contributed by atoms with Gasteiger partial charge in [0.25, 0.3) is 5.91 Å². The van der Waals surface area contributed by atoms with Gasteiger partial charge >= 0.3 is 6.36 Å². The number of nitrogens with one attached hydrogen (secondary N) is 1. The van der Waals surface area contributed by atoms with Crippen LogP contribution in [-0.2, 0) is 0 Å². The van der Waals surface area contributed by atoms with E-state index in [4.69, 9.17) is 16.3 Å². The van der Waals surface area contributed by atoms with Crippen LogP contribution in [0.1, 0.15) is 10.5 Å². The second-order valence-electron chi connectivity index (χ2n) is 5.66. The first-order chi connectivity index (χ1) is 13.7. The molecule has 0 atom stereocenters. The van der Waals surface area contributed by atoms with Crippen LogP contribution in [0.4, 0.5) is 18.9 Å². The molecular weight excluding hydrogens is 411 g/mol. The summed E-state index contributed by atoms with van der Waals surface area (Å²) in [5.41, 5.74) is 1.17. The lowest BCUT2D eigenvalue weighted by Gasteiger charge is -2.11. The first-order valence-electron chi connectivity index (χ1n) is 8.08. The second-order valence-corrected chi connectivity index (χ2v) is 6.10. The smallest absolute Gasteiger partial charge is 0.495 e. The van der Waals surface area contributed by atoms with Gasteiger partial charge in [0.15, 0.2) is 0 Å². The van der Waals surface area contributed by atoms with Crippen molar-refractivity contribution in [3.63, 3.8) is 0 Å².